The highest BCUT2D eigenvalue weighted by molar-refractivity contribution is 7.86. The van der Waals surface area contributed by atoms with Crippen molar-refractivity contribution < 1.29 is 27.0 Å². The summed E-state index contributed by atoms with van der Waals surface area (Å²) in [4.78, 5) is 43.4. The van der Waals surface area contributed by atoms with E-state index in [1.54, 1.807) is 37.3 Å². The maximum absolute atomic E-state index is 13.3. The fourth-order valence-corrected chi connectivity index (χ4v) is 3.96. The van der Waals surface area contributed by atoms with Gasteiger partial charge in [0.15, 0.2) is 0 Å². The normalized spacial score (nSPS) is 11.4. The van der Waals surface area contributed by atoms with Gasteiger partial charge in [-0.25, -0.2) is 4.79 Å². The number of carbonyl (C=O) groups is 3. The molecule has 1 heterocycles. The molecule has 0 unspecified atom stereocenters. The third-order valence-electron chi connectivity index (χ3n) is 5.49. The van der Waals surface area contributed by atoms with Crippen LogP contribution in [0.2, 0.25) is 0 Å². The van der Waals surface area contributed by atoms with Crippen LogP contribution in [-0.2, 0) is 14.3 Å². The zero-order valence-electron chi connectivity index (χ0n) is 22.8. The molecular formula is C28H31N5O6S. The Kier molecular flexibility index (Phi) is 8.74. The first kappa shape index (κ1) is 30.0. The van der Waals surface area contributed by atoms with Crippen LogP contribution in [0.25, 0.3) is 11.1 Å². The Morgan fingerprint density at radius 1 is 0.975 bits per heavy atom. The van der Waals surface area contributed by atoms with Crippen LogP contribution in [0.1, 0.15) is 63.1 Å². The number of carbonyl (C=O) groups excluding carboxylic acids is 3. The number of anilines is 1. The summed E-state index contributed by atoms with van der Waals surface area (Å²) in [5.74, 6) is -2.41. The molecule has 1 aromatic heterocycles. The van der Waals surface area contributed by atoms with E-state index in [1.165, 1.54) is 24.4 Å². The fourth-order valence-electron chi connectivity index (χ4n) is 3.60. The number of benzene rings is 2. The maximum atomic E-state index is 13.3. The molecule has 2 aromatic carbocycles. The lowest BCUT2D eigenvalue weighted by atomic mass is 9.94. The first-order valence-corrected chi connectivity index (χ1v) is 13.9. The number of aromatic nitrogens is 1. The summed E-state index contributed by atoms with van der Waals surface area (Å²) in [5, 5.41) is 13.0. The Bertz CT molecular complexity index is 1590. The molecule has 0 spiro atoms. The van der Waals surface area contributed by atoms with Crippen molar-refractivity contribution in [2.45, 2.75) is 27.7 Å². The summed E-state index contributed by atoms with van der Waals surface area (Å²) in [5.41, 5.74) is 7.01. The second-order valence-corrected chi connectivity index (χ2v) is 12.0. The van der Waals surface area contributed by atoms with Crippen LogP contribution in [0.4, 0.5) is 5.69 Å². The topological polar surface area (TPSA) is 181 Å². The van der Waals surface area contributed by atoms with E-state index in [2.05, 4.69) is 19.8 Å². The average Bonchev–Trinajstić information content (AvgIpc) is 2.85. The highest BCUT2D eigenvalue weighted by Gasteiger charge is 2.25. The summed E-state index contributed by atoms with van der Waals surface area (Å²) in [6.45, 7) is 7.93. The van der Waals surface area contributed by atoms with E-state index < -0.39 is 27.9 Å². The molecule has 2 amide bonds. The Morgan fingerprint density at radius 2 is 1.60 bits per heavy atom. The second-order valence-electron chi connectivity index (χ2n) is 10.4. The van der Waals surface area contributed by atoms with Gasteiger partial charge in [0.1, 0.15) is 11.5 Å². The Hall–Kier alpha value is -4.58. The molecule has 3 aromatic rings. The minimum Gasteiger partial charge on any atom is -0.384 e. The molecule has 3 rings (SSSR count). The molecule has 40 heavy (non-hydrogen) atoms. The van der Waals surface area contributed by atoms with Crippen LogP contribution in [0, 0.1) is 17.7 Å². The minimum absolute atomic E-state index is 0.0559. The Balaban J connectivity index is 2.08. The zero-order valence-corrected chi connectivity index (χ0v) is 23.6. The average molecular weight is 566 g/mol. The third kappa shape index (κ3) is 7.96. The van der Waals surface area contributed by atoms with Crippen molar-refractivity contribution in [2.75, 3.05) is 18.1 Å². The Morgan fingerprint density at radius 3 is 2.17 bits per heavy atom. The first-order chi connectivity index (χ1) is 18.5. The predicted octanol–water partition coefficient (Wildman–Crippen LogP) is 3.49. The highest BCUT2D eigenvalue weighted by Crippen LogP contribution is 2.30. The number of pyridine rings is 1. The maximum Gasteiger partial charge on any atom is 0.354 e. The van der Waals surface area contributed by atoms with Crippen LogP contribution in [0.5, 0.6) is 0 Å². The fraction of sp³-hybridized carbons (Fsp3) is 0.250. The van der Waals surface area contributed by atoms with Gasteiger partial charge in [-0.3, -0.25) is 20.0 Å². The molecule has 0 bridgehead atoms. The van der Waals surface area contributed by atoms with Crippen LogP contribution in [-0.4, -0.2) is 49.8 Å². The van der Waals surface area contributed by atoms with E-state index >= 15 is 0 Å². The van der Waals surface area contributed by atoms with E-state index in [9.17, 15) is 22.8 Å². The molecule has 0 fully saturated rings. The summed E-state index contributed by atoms with van der Waals surface area (Å²) >= 11 is 0. The van der Waals surface area contributed by atoms with Gasteiger partial charge in [0.25, 0.3) is 11.8 Å². The van der Waals surface area contributed by atoms with Crippen LogP contribution in [0.3, 0.4) is 0 Å². The van der Waals surface area contributed by atoms with Crippen molar-refractivity contribution in [1.82, 2.24) is 10.3 Å². The molecule has 0 aliphatic heterocycles. The van der Waals surface area contributed by atoms with Crippen molar-refractivity contribution in [3.8, 4) is 11.1 Å². The second kappa shape index (κ2) is 11.7. The lowest BCUT2D eigenvalue weighted by molar-refractivity contribution is 0.0748. The largest absolute Gasteiger partial charge is 0.384 e. The quantitative estimate of drug-likeness (QED) is 0.182. The smallest absolute Gasteiger partial charge is 0.354 e. The highest BCUT2D eigenvalue weighted by atomic mass is 32.2. The lowest BCUT2D eigenvalue weighted by Crippen LogP contribution is -2.32. The number of amides is 2. The number of hydrogen-bond donors (Lipinski definition) is 4. The van der Waals surface area contributed by atoms with Gasteiger partial charge >= 0.3 is 16.1 Å². The van der Waals surface area contributed by atoms with Crippen molar-refractivity contribution in [3.05, 3.63) is 82.7 Å². The predicted molar refractivity (Wildman–Crippen MR) is 152 cm³/mol. The SMILES string of the molecule is Cc1cnc(C(=O)Nc2ccc(C(=N)N)cc2)c(-c2ccc(C(=O)NCC(C)(C)C)cc2C(=O)OS(C)(=O)=O)c1. The minimum atomic E-state index is -4.19. The molecule has 5 N–H and O–H groups in total. The van der Waals surface area contributed by atoms with E-state index in [-0.39, 0.29) is 39.2 Å². The van der Waals surface area contributed by atoms with Gasteiger partial charge < -0.3 is 20.6 Å². The molecule has 0 atom stereocenters. The van der Waals surface area contributed by atoms with E-state index in [0.29, 0.717) is 23.4 Å². The molecule has 11 nitrogen and oxygen atoms in total. The molecule has 0 saturated heterocycles. The zero-order chi connectivity index (χ0) is 29.8. The number of nitrogen functional groups attached to an aromatic ring is 1. The van der Waals surface area contributed by atoms with Gasteiger partial charge in [-0.2, -0.15) is 8.42 Å². The molecule has 12 heteroatoms. The van der Waals surface area contributed by atoms with Crippen molar-refractivity contribution in [2.24, 2.45) is 11.1 Å². The van der Waals surface area contributed by atoms with Gasteiger partial charge in [0, 0.05) is 35.1 Å². The number of amidine groups is 1. The first-order valence-electron chi connectivity index (χ1n) is 12.1. The number of aryl methyl sites for hydroxylation is 1. The number of nitrogens with zero attached hydrogens (tertiary/aromatic N) is 1. The van der Waals surface area contributed by atoms with Gasteiger partial charge in [0.05, 0.1) is 11.8 Å². The van der Waals surface area contributed by atoms with Gasteiger partial charge in [-0.1, -0.05) is 26.8 Å². The number of rotatable bonds is 8. The van der Waals surface area contributed by atoms with Crippen LogP contribution >= 0.6 is 0 Å². The summed E-state index contributed by atoms with van der Waals surface area (Å²) in [6.07, 6.45) is 2.20. The number of hydrogen-bond acceptors (Lipinski definition) is 8. The van der Waals surface area contributed by atoms with Crippen molar-refractivity contribution >= 4 is 39.4 Å². The van der Waals surface area contributed by atoms with E-state index in [4.69, 9.17) is 11.1 Å². The number of nitrogens with two attached hydrogens (primary N) is 1. The van der Waals surface area contributed by atoms with E-state index in [1.807, 2.05) is 20.8 Å². The summed E-state index contributed by atoms with van der Waals surface area (Å²) < 4.78 is 28.2. The standard InChI is InChI=1S/C28H31N5O6S/c1-16-12-21(23(31-14-16)26(35)33-19-9-6-17(7-10-19)24(29)30)20-11-8-18(25(34)32-15-28(2,3)4)13-22(20)27(36)39-40(5,37)38/h6-14H,15H2,1-5H3,(H3,29,30)(H,32,34)(H,33,35). The van der Waals surface area contributed by atoms with Gasteiger partial charge in [-0.05, 0) is 65.9 Å². The van der Waals surface area contributed by atoms with Gasteiger partial charge in [0.2, 0.25) is 0 Å². The molecule has 0 radical (unpaired) electrons. The molecular weight excluding hydrogens is 534 g/mol. The Labute approximate surface area is 232 Å². The monoisotopic (exact) mass is 565 g/mol. The van der Waals surface area contributed by atoms with Crippen LogP contribution in [0.15, 0.2) is 54.7 Å². The molecule has 0 aliphatic rings. The van der Waals surface area contributed by atoms with E-state index in [0.717, 1.165) is 6.26 Å². The third-order valence-corrected chi connectivity index (χ3v) is 5.95. The van der Waals surface area contributed by atoms with Crippen molar-refractivity contribution in [3.63, 3.8) is 0 Å². The number of nitrogens with one attached hydrogen (secondary N) is 3. The summed E-state index contributed by atoms with van der Waals surface area (Å²) in [6, 6.07) is 12.0. The molecule has 210 valence electrons. The van der Waals surface area contributed by atoms with Crippen LogP contribution < -0.4 is 16.4 Å². The molecule has 0 aliphatic carbocycles. The summed E-state index contributed by atoms with van der Waals surface area (Å²) in [7, 11) is -4.19. The molecule has 0 saturated carbocycles. The lowest BCUT2D eigenvalue weighted by Gasteiger charge is -2.19. The van der Waals surface area contributed by atoms with Gasteiger partial charge in [-0.15, -0.1) is 0 Å². The van der Waals surface area contributed by atoms with Crippen molar-refractivity contribution in [1.29, 1.82) is 5.41 Å².